The highest BCUT2D eigenvalue weighted by molar-refractivity contribution is 5.68. The summed E-state index contributed by atoms with van der Waals surface area (Å²) in [5.41, 5.74) is 4.91. The number of amides is 1. The minimum atomic E-state index is -2.87. The molecule has 1 heterocycles. The molecule has 6 heteroatoms. The summed E-state index contributed by atoms with van der Waals surface area (Å²) in [5, 5.41) is 0. The Morgan fingerprint density at radius 2 is 2.06 bits per heavy atom. The third-order valence-electron chi connectivity index (χ3n) is 2.24. The van der Waals surface area contributed by atoms with Crippen LogP contribution in [0.25, 0.3) is 0 Å². The van der Waals surface area contributed by atoms with Gasteiger partial charge in [0.2, 0.25) is 0 Å². The number of rotatable bonds is 0. The quantitative estimate of drug-likeness (QED) is 0.699. The largest absolute Gasteiger partial charge is 0.444 e. The molecule has 0 unspecified atom stereocenters. The van der Waals surface area contributed by atoms with Gasteiger partial charge in [-0.05, 0) is 27.2 Å². The van der Waals surface area contributed by atoms with Crippen molar-refractivity contribution in [2.45, 2.75) is 51.3 Å². The van der Waals surface area contributed by atoms with Crippen molar-refractivity contribution >= 4 is 6.09 Å². The van der Waals surface area contributed by atoms with Gasteiger partial charge in [0.15, 0.2) is 0 Å². The van der Waals surface area contributed by atoms with Crippen LogP contribution in [0.2, 0.25) is 0 Å². The van der Waals surface area contributed by atoms with Crippen LogP contribution in [0.5, 0.6) is 0 Å². The van der Waals surface area contributed by atoms with E-state index in [1.165, 1.54) is 0 Å². The fourth-order valence-corrected chi connectivity index (χ4v) is 1.48. The predicted octanol–water partition coefficient (Wildman–Crippen LogP) is 1.94. The lowest BCUT2D eigenvalue weighted by Crippen LogP contribution is -2.56. The van der Waals surface area contributed by atoms with E-state index in [0.29, 0.717) is 0 Å². The number of halogens is 2. The topological polar surface area (TPSA) is 55.6 Å². The fraction of sp³-hybridized carbons (Fsp3) is 0.900. The number of likely N-dealkylation sites (tertiary alicyclic amines) is 1. The predicted molar refractivity (Wildman–Crippen MR) is 55.1 cm³/mol. The monoisotopic (exact) mass is 236 g/mol. The maximum absolute atomic E-state index is 13.1. The SMILES string of the molecule is CC(C)(C)OC(=O)N1CC(F)(F)CC[C@@H]1N. The molecule has 1 amide bonds. The highest BCUT2D eigenvalue weighted by atomic mass is 19.3. The third-order valence-corrected chi connectivity index (χ3v) is 2.24. The molecule has 0 aliphatic carbocycles. The van der Waals surface area contributed by atoms with Crippen LogP contribution < -0.4 is 5.73 Å². The molecule has 1 atom stereocenters. The molecule has 0 aromatic heterocycles. The molecule has 0 spiro atoms. The molecule has 94 valence electrons. The van der Waals surface area contributed by atoms with E-state index >= 15 is 0 Å². The van der Waals surface area contributed by atoms with Gasteiger partial charge in [0.05, 0.1) is 12.7 Å². The van der Waals surface area contributed by atoms with Crippen LogP contribution in [0.4, 0.5) is 13.6 Å². The molecule has 1 saturated heterocycles. The van der Waals surface area contributed by atoms with E-state index in [0.717, 1.165) is 4.90 Å². The Labute approximate surface area is 93.7 Å². The van der Waals surface area contributed by atoms with Crippen molar-refractivity contribution < 1.29 is 18.3 Å². The first kappa shape index (κ1) is 13.2. The molecular formula is C10H18F2N2O2. The normalized spacial score (nSPS) is 25.4. The molecule has 4 nitrogen and oxygen atoms in total. The average molecular weight is 236 g/mol. The minimum absolute atomic E-state index is 0.0895. The molecule has 0 saturated carbocycles. The molecule has 0 bridgehead atoms. The zero-order valence-electron chi connectivity index (χ0n) is 9.80. The summed E-state index contributed by atoms with van der Waals surface area (Å²) in [6.45, 7) is 4.37. The molecular weight excluding hydrogens is 218 g/mol. The number of ether oxygens (including phenoxy) is 1. The van der Waals surface area contributed by atoms with E-state index in [1.54, 1.807) is 20.8 Å². The number of nitrogens with zero attached hydrogens (tertiary/aromatic N) is 1. The standard InChI is InChI=1S/C10H18F2N2O2/c1-9(2,3)16-8(15)14-6-10(11,12)5-4-7(14)13/h7H,4-6,13H2,1-3H3/t7-/m1/s1. The van der Waals surface area contributed by atoms with Crippen molar-refractivity contribution in [1.82, 2.24) is 4.90 Å². The molecule has 0 radical (unpaired) electrons. The number of carbonyl (C=O) groups is 1. The number of hydrogen-bond donors (Lipinski definition) is 1. The van der Waals surface area contributed by atoms with Crippen molar-refractivity contribution in [1.29, 1.82) is 0 Å². The van der Waals surface area contributed by atoms with Gasteiger partial charge in [0.1, 0.15) is 5.60 Å². The number of nitrogens with two attached hydrogens (primary N) is 1. The molecule has 2 N–H and O–H groups in total. The van der Waals surface area contributed by atoms with Crippen molar-refractivity contribution in [3.8, 4) is 0 Å². The number of carbonyl (C=O) groups excluding carboxylic acids is 1. The average Bonchev–Trinajstić information content (AvgIpc) is 2.06. The zero-order chi connectivity index (χ0) is 12.6. The van der Waals surface area contributed by atoms with Crippen LogP contribution in [0.3, 0.4) is 0 Å². The van der Waals surface area contributed by atoms with Gasteiger partial charge in [-0.3, -0.25) is 4.90 Å². The molecule has 0 aromatic carbocycles. The zero-order valence-corrected chi connectivity index (χ0v) is 9.80. The van der Waals surface area contributed by atoms with Crippen LogP contribution in [0, 0.1) is 0 Å². The minimum Gasteiger partial charge on any atom is -0.444 e. The maximum atomic E-state index is 13.1. The summed E-state index contributed by atoms with van der Waals surface area (Å²) in [5.74, 6) is -2.87. The van der Waals surface area contributed by atoms with Gasteiger partial charge in [-0.1, -0.05) is 0 Å². The third kappa shape index (κ3) is 3.59. The Morgan fingerprint density at radius 3 is 2.56 bits per heavy atom. The van der Waals surface area contributed by atoms with E-state index in [2.05, 4.69) is 0 Å². The van der Waals surface area contributed by atoms with Crippen LogP contribution >= 0.6 is 0 Å². The molecule has 0 aromatic rings. The highest BCUT2D eigenvalue weighted by Crippen LogP contribution is 2.29. The lowest BCUT2D eigenvalue weighted by molar-refractivity contribution is -0.0844. The van der Waals surface area contributed by atoms with E-state index in [1.807, 2.05) is 0 Å². The molecule has 16 heavy (non-hydrogen) atoms. The van der Waals surface area contributed by atoms with Gasteiger partial charge in [0, 0.05) is 6.42 Å². The Bertz CT molecular complexity index is 276. The second-order valence-electron chi connectivity index (χ2n) is 5.07. The number of alkyl halides is 2. The van der Waals surface area contributed by atoms with E-state index in [-0.39, 0.29) is 12.8 Å². The van der Waals surface area contributed by atoms with Crippen LogP contribution in [0.1, 0.15) is 33.6 Å². The highest BCUT2D eigenvalue weighted by Gasteiger charge is 2.42. The molecule has 1 fully saturated rings. The van der Waals surface area contributed by atoms with E-state index < -0.39 is 30.3 Å². The van der Waals surface area contributed by atoms with Gasteiger partial charge in [-0.2, -0.15) is 0 Å². The van der Waals surface area contributed by atoms with Gasteiger partial charge in [-0.15, -0.1) is 0 Å². The second kappa shape index (κ2) is 4.16. The number of piperidine rings is 1. The summed E-state index contributed by atoms with van der Waals surface area (Å²) in [6.07, 6.45) is -1.66. The van der Waals surface area contributed by atoms with Crippen LogP contribution in [0.15, 0.2) is 0 Å². The molecule has 1 aliphatic heterocycles. The van der Waals surface area contributed by atoms with Crippen LogP contribution in [-0.4, -0.2) is 35.2 Å². The van der Waals surface area contributed by atoms with E-state index in [4.69, 9.17) is 10.5 Å². The Kier molecular flexibility index (Phi) is 3.42. The Hall–Kier alpha value is -0.910. The van der Waals surface area contributed by atoms with Crippen molar-refractivity contribution in [2.24, 2.45) is 5.73 Å². The van der Waals surface area contributed by atoms with Crippen molar-refractivity contribution in [2.75, 3.05) is 6.54 Å². The van der Waals surface area contributed by atoms with Gasteiger partial charge in [-0.25, -0.2) is 13.6 Å². The van der Waals surface area contributed by atoms with Crippen LogP contribution in [-0.2, 0) is 4.74 Å². The lowest BCUT2D eigenvalue weighted by atomic mass is 10.1. The molecule has 1 rings (SSSR count). The summed E-state index contributed by atoms with van der Waals surface area (Å²) in [7, 11) is 0. The smallest absolute Gasteiger partial charge is 0.411 e. The summed E-state index contributed by atoms with van der Waals surface area (Å²) < 4.78 is 31.2. The first-order valence-electron chi connectivity index (χ1n) is 5.24. The van der Waals surface area contributed by atoms with Crippen molar-refractivity contribution in [3.05, 3.63) is 0 Å². The van der Waals surface area contributed by atoms with Gasteiger partial charge < -0.3 is 10.5 Å². The summed E-state index contributed by atoms with van der Waals surface area (Å²) >= 11 is 0. The Balaban J connectivity index is 2.67. The first-order valence-corrected chi connectivity index (χ1v) is 5.24. The maximum Gasteiger partial charge on any atom is 0.411 e. The first-order chi connectivity index (χ1) is 7.11. The summed E-state index contributed by atoms with van der Waals surface area (Å²) in [4.78, 5) is 12.5. The summed E-state index contributed by atoms with van der Waals surface area (Å²) in [6, 6.07) is 0. The Morgan fingerprint density at radius 1 is 1.50 bits per heavy atom. The van der Waals surface area contributed by atoms with Gasteiger partial charge >= 0.3 is 6.09 Å². The van der Waals surface area contributed by atoms with Gasteiger partial charge in [0.25, 0.3) is 5.92 Å². The number of hydrogen-bond acceptors (Lipinski definition) is 3. The second-order valence-corrected chi connectivity index (χ2v) is 5.07. The van der Waals surface area contributed by atoms with Crippen molar-refractivity contribution in [3.63, 3.8) is 0 Å². The van der Waals surface area contributed by atoms with E-state index in [9.17, 15) is 13.6 Å². The lowest BCUT2D eigenvalue weighted by Gasteiger charge is -2.38. The fourth-order valence-electron chi connectivity index (χ4n) is 1.48. The molecule has 1 aliphatic rings.